The quantitative estimate of drug-likeness (QED) is 0.457. The van der Waals surface area contributed by atoms with Gasteiger partial charge < -0.3 is 5.32 Å². The highest BCUT2D eigenvalue weighted by Gasteiger charge is 2.13. The molecule has 0 aliphatic rings. The molecule has 0 radical (unpaired) electrons. The molecule has 0 aliphatic carbocycles. The highest BCUT2D eigenvalue weighted by atomic mass is 35.5. The lowest BCUT2D eigenvalue weighted by Gasteiger charge is -2.25. The molecule has 1 aromatic rings. The second-order valence-corrected chi connectivity index (χ2v) is 8.80. The van der Waals surface area contributed by atoms with Crippen LogP contribution >= 0.6 is 23.2 Å². The van der Waals surface area contributed by atoms with Crippen LogP contribution in [0.4, 0.5) is 4.79 Å². The van der Waals surface area contributed by atoms with Crippen LogP contribution in [0.3, 0.4) is 0 Å². The molecule has 0 saturated carbocycles. The molecule has 0 unspecified atom stereocenters. The monoisotopic (exact) mass is 411 g/mol. The van der Waals surface area contributed by atoms with Crippen LogP contribution in [0.15, 0.2) is 35.5 Å². The Bertz CT molecular complexity index is 653. The summed E-state index contributed by atoms with van der Waals surface area (Å²) in [4.78, 5) is 16.9. The van der Waals surface area contributed by atoms with Gasteiger partial charge in [-0.2, -0.15) is 0 Å². The molecule has 0 heterocycles. The van der Waals surface area contributed by atoms with Crippen molar-refractivity contribution in [1.82, 2.24) is 10.2 Å². The standard InChI is InChI=1S/C21H31Cl2N3O/c1-16(25-20(27)24-5)8-6-12-26(13-7-11-21(2,3)4)15-17-9-10-18(22)19(23)14-17/h9-10,14H,1,5-8,11-13,15H2,2-4H3,(H,25,27). The van der Waals surface area contributed by atoms with E-state index in [1.54, 1.807) is 0 Å². The van der Waals surface area contributed by atoms with E-state index in [4.69, 9.17) is 23.2 Å². The lowest BCUT2D eigenvalue weighted by atomic mass is 9.90. The zero-order chi connectivity index (χ0) is 20.4. The van der Waals surface area contributed by atoms with Crippen molar-refractivity contribution in [2.24, 2.45) is 10.4 Å². The first-order valence-corrected chi connectivity index (χ1v) is 9.98. The fourth-order valence-corrected chi connectivity index (χ4v) is 3.09. The predicted octanol–water partition coefficient (Wildman–Crippen LogP) is 6.33. The average Bonchev–Trinajstić information content (AvgIpc) is 2.56. The molecule has 0 bridgehead atoms. The Kier molecular flexibility index (Phi) is 10.1. The van der Waals surface area contributed by atoms with Crippen molar-refractivity contribution in [1.29, 1.82) is 0 Å². The average molecular weight is 412 g/mol. The number of rotatable bonds is 10. The second kappa shape index (κ2) is 11.5. The smallest absolute Gasteiger partial charge is 0.310 e. The first-order valence-electron chi connectivity index (χ1n) is 9.22. The Morgan fingerprint density at radius 2 is 1.85 bits per heavy atom. The van der Waals surface area contributed by atoms with E-state index in [0.29, 0.717) is 27.6 Å². The van der Waals surface area contributed by atoms with Crippen LogP contribution in [-0.4, -0.2) is 30.7 Å². The fourth-order valence-electron chi connectivity index (χ4n) is 2.77. The van der Waals surface area contributed by atoms with Crippen molar-refractivity contribution in [3.63, 3.8) is 0 Å². The number of halogens is 2. The Hall–Kier alpha value is -1.36. The zero-order valence-electron chi connectivity index (χ0n) is 16.7. The van der Waals surface area contributed by atoms with Crippen LogP contribution in [-0.2, 0) is 6.54 Å². The summed E-state index contributed by atoms with van der Waals surface area (Å²) in [5.74, 6) is 0. The molecule has 2 amide bonds. The van der Waals surface area contributed by atoms with E-state index < -0.39 is 6.03 Å². The molecule has 6 heteroatoms. The summed E-state index contributed by atoms with van der Waals surface area (Å²) in [5, 5.41) is 3.77. The van der Waals surface area contributed by atoms with Crippen molar-refractivity contribution in [2.45, 2.75) is 53.0 Å². The molecule has 0 fully saturated rings. The van der Waals surface area contributed by atoms with E-state index >= 15 is 0 Å². The van der Waals surface area contributed by atoms with Gasteiger partial charge in [-0.25, -0.2) is 9.79 Å². The van der Waals surface area contributed by atoms with Gasteiger partial charge >= 0.3 is 6.03 Å². The normalized spacial score (nSPS) is 11.5. The van der Waals surface area contributed by atoms with E-state index in [-0.39, 0.29) is 0 Å². The summed E-state index contributed by atoms with van der Waals surface area (Å²) in [7, 11) is 0. The number of benzene rings is 1. The Labute approximate surface area is 173 Å². The highest BCUT2D eigenvalue weighted by molar-refractivity contribution is 6.42. The maximum atomic E-state index is 11.2. The second-order valence-electron chi connectivity index (χ2n) is 7.98. The molecule has 1 aromatic carbocycles. The minimum atomic E-state index is -0.460. The van der Waals surface area contributed by atoms with E-state index in [1.165, 1.54) is 6.42 Å². The maximum absolute atomic E-state index is 11.2. The fraction of sp³-hybridized carbons (Fsp3) is 0.524. The van der Waals surface area contributed by atoms with Crippen molar-refractivity contribution < 1.29 is 4.79 Å². The number of urea groups is 1. The van der Waals surface area contributed by atoms with Crippen LogP contribution in [0.2, 0.25) is 10.0 Å². The van der Waals surface area contributed by atoms with Gasteiger partial charge in [-0.15, -0.1) is 0 Å². The predicted molar refractivity (Wildman–Crippen MR) is 117 cm³/mol. The molecule has 1 rings (SSSR count). The third-order valence-corrected chi connectivity index (χ3v) is 4.91. The summed E-state index contributed by atoms with van der Waals surface area (Å²) >= 11 is 12.2. The number of hydrogen-bond donors (Lipinski definition) is 1. The molecule has 0 saturated heterocycles. The lowest BCUT2D eigenvalue weighted by molar-refractivity contribution is 0.237. The van der Waals surface area contributed by atoms with Crippen molar-refractivity contribution >= 4 is 36.0 Å². The van der Waals surface area contributed by atoms with Gasteiger partial charge in [0.05, 0.1) is 10.0 Å². The Balaban J connectivity index is 2.61. The van der Waals surface area contributed by atoms with Crippen molar-refractivity contribution in [3.05, 3.63) is 46.1 Å². The van der Waals surface area contributed by atoms with Gasteiger partial charge in [0.15, 0.2) is 0 Å². The van der Waals surface area contributed by atoms with Crippen LogP contribution in [0.25, 0.3) is 0 Å². The number of hydrogen-bond acceptors (Lipinski definition) is 2. The summed E-state index contributed by atoms with van der Waals surface area (Å²) in [5.41, 5.74) is 2.13. The van der Waals surface area contributed by atoms with Gasteiger partial charge in [0.25, 0.3) is 0 Å². The molecule has 0 aliphatic heterocycles. The molecule has 4 nitrogen and oxygen atoms in total. The Morgan fingerprint density at radius 3 is 2.44 bits per heavy atom. The van der Waals surface area contributed by atoms with Crippen LogP contribution in [0.5, 0.6) is 0 Å². The molecule has 0 aromatic heterocycles. The van der Waals surface area contributed by atoms with Crippen LogP contribution in [0.1, 0.15) is 52.0 Å². The summed E-state index contributed by atoms with van der Waals surface area (Å²) in [6.07, 6.45) is 3.90. The van der Waals surface area contributed by atoms with E-state index in [0.717, 1.165) is 38.0 Å². The minimum Gasteiger partial charge on any atom is -0.310 e. The first kappa shape index (κ1) is 23.7. The minimum absolute atomic E-state index is 0.325. The van der Waals surface area contributed by atoms with E-state index in [2.05, 4.69) is 49.3 Å². The first-order chi connectivity index (χ1) is 12.6. The highest BCUT2D eigenvalue weighted by Crippen LogP contribution is 2.24. The van der Waals surface area contributed by atoms with Gasteiger partial charge in [-0.1, -0.05) is 56.6 Å². The largest absolute Gasteiger partial charge is 0.344 e. The molecule has 27 heavy (non-hydrogen) atoms. The zero-order valence-corrected chi connectivity index (χ0v) is 18.2. The van der Waals surface area contributed by atoms with Crippen molar-refractivity contribution in [2.75, 3.05) is 13.1 Å². The third kappa shape index (κ3) is 10.5. The third-order valence-electron chi connectivity index (χ3n) is 4.17. The number of carbonyl (C=O) groups is 1. The van der Waals surface area contributed by atoms with E-state index in [1.807, 2.05) is 18.2 Å². The molecular weight excluding hydrogens is 381 g/mol. The summed E-state index contributed by atoms with van der Waals surface area (Å²) in [6.45, 7) is 16.6. The number of nitrogens with zero attached hydrogens (tertiary/aromatic N) is 2. The van der Waals surface area contributed by atoms with Gasteiger partial charge in [0.1, 0.15) is 0 Å². The van der Waals surface area contributed by atoms with Gasteiger partial charge in [0, 0.05) is 12.2 Å². The SMILES string of the molecule is C=NC(=O)NC(=C)CCCN(CCCC(C)(C)C)Cc1ccc(Cl)c(Cl)c1. The van der Waals surface area contributed by atoms with Crippen molar-refractivity contribution in [3.8, 4) is 0 Å². The Morgan fingerprint density at radius 1 is 1.19 bits per heavy atom. The topological polar surface area (TPSA) is 44.7 Å². The molecule has 1 N–H and O–H groups in total. The van der Waals surface area contributed by atoms with Gasteiger partial charge in [0.2, 0.25) is 0 Å². The van der Waals surface area contributed by atoms with Crippen LogP contribution in [0, 0.1) is 5.41 Å². The lowest BCUT2D eigenvalue weighted by Crippen LogP contribution is -2.27. The summed E-state index contributed by atoms with van der Waals surface area (Å²) in [6, 6.07) is 5.32. The summed E-state index contributed by atoms with van der Waals surface area (Å²) < 4.78 is 0. The number of allylic oxidation sites excluding steroid dienone is 1. The molecule has 0 atom stereocenters. The van der Waals surface area contributed by atoms with Gasteiger partial charge in [-0.05, 0) is 68.6 Å². The van der Waals surface area contributed by atoms with Gasteiger partial charge in [-0.3, -0.25) is 4.90 Å². The maximum Gasteiger partial charge on any atom is 0.344 e. The molecule has 150 valence electrons. The molecular formula is C21H31Cl2N3O. The number of amides is 2. The van der Waals surface area contributed by atoms with Crippen LogP contribution < -0.4 is 5.32 Å². The van der Waals surface area contributed by atoms with E-state index in [9.17, 15) is 4.79 Å². The number of carbonyl (C=O) groups excluding carboxylic acids is 1. The molecule has 0 spiro atoms. The number of nitrogens with one attached hydrogen (secondary N) is 1. The number of aliphatic imine (C=N–C) groups is 1.